The van der Waals surface area contributed by atoms with Gasteiger partial charge in [0.25, 0.3) is 9.70 Å². The molecule has 0 saturated carbocycles. The first-order chi connectivity index (χ1) is 9.77. The van der Waals surface area contributed by atoms with Crippen molar-refractivity contribution in [3.63, 3.8) is 0 Å². The van der Waals surface area contributed by atoms with Gasteiger partial charge in [0, 0.05) is 0 Å². The van der Waals surface area contributed by atoms with Crippen molar-refractivity contribution in [3.05, 3.63) is 22.4 Å². The molecule has 2 N–H and O–H groups in total. The van der Waals surface area contributed by atoms with Crippen LogP contribution in [-0.2, 0) is 4.74 Å². The van der Waals surface area contributed by atoms with Crippen LogP contribution >= 0.6 is 46.1 Å². The Morgan fingerprint density at radius 2 is 2.05 bits per heavy atom. The number of rotatable bonds is 3. The van der Waals surface area contributed by atoms with Crippen LogP contribution in [0.25, 0.3) is 0 Å². The number of halogens is 3. The van der Waals surface area contributed by atoms with Gasteiger partial charge in [0.1, 0.15) is 25.3 Å². The van der Waals surface area contributed by atoms with E-state index in [0.717, 1.165) is 4.90 Å². The zero-order valence-corrected chi connectivity index (χ0v) is 14.8. The Kier molecular flexibility index (Phi) is 5.79. The van der Waals surface area contributed by atoms with E-state index in [0.29, 0.717) is 18.0 Å². The summed E-state index contributed by atoms with van der Waals surface area (Å²) in [6.45, 7) is 5.31. The summed E-state index contributed by atoms with van der Waals surface area (Å²) in [6, 6.07) is 3.56. The van der Waals surface area contributed by atoms with Gasteiger partial charge in [-0.2, -0.15) is 0 Å². The van der Waals surface area contributed by atoms with Crippen LogP contribution in [0.4, 0.5) is 0 Å². The first kappa shape index (κ1) is 17.3. The standard InChI is InChI=1S/C13H17Cl3N2O2S/c1-8-6-18(7-9(2)20-8)12(13(14,15)16)17-11(19)10-4-3-5-21-10/h3-5,8-9,12H,6-7H2,1-2H3,(H,17,19)/p+1/t8-,9-,12+/m1/s1. The summed E-state index contributed by atoms with van der Waals surface area (Å²) in [4.78, 5) is 13.9. The molecule has 0 bridgehead atoms. The van der Waals surface area contributed by atoms with E-state index in [1.807, 2.05) is 25.3 Å². The lowest BCUT2D eigenvalue weighted by Crippen LogP contribution is -3.22. The summed E-state index contributed by atoms with van der Waals surface area (Å²) in [5, 5.41) is 4.69. The molecule has 3 atom stereocenters. The fraction of sp³-hybridized carbons (Fsp3) is 0.615. The minimum Gasteiger partial charge on any atom is -0.364 e. The van der Waals surface area contributed by atoms with Crippen molar-refractivity contribution < 1.29 is 14.4 Å². The largest absolute Gasteiger partial charge is 0.364 e. The fourth-order valence-electron chi connectivity index (χ4n) is 2.58. The third kappa shape index (κ3) is 4.71. The molecule has 4 nitrogen and oxygen atoms in total. The molecule has 0 aliphatic carbocycles. The molecule has 118 valence electrons. The van der Waals surface area contributed by atoms with Crippen LogP contribution in [0.2, 0.25) is 0 Å². The van der Waals surface area contributed by atoms with Crippen LogP contribution in [-0.4, -0.2) is 41.2 Å². The second kappa shape index (κ2) is 7.02. The summed E-state index contributed by atoms with van der Waals surface area (Å²) in [5.41, 5.74) is 0. The van der Waals surface area contributed by atoms with Crippen molar-refractivity contribution in [1.29, 1.82) is 0 Å². The summed E-state index contributed by atoms with van der Waals surface area (Å²) >= 11 is 19.6. The second-order valence-corrected chi connectivity index (χ2v) is 8.57. The van der Waals surface area contributed by atoms with E-state index in [2.05, 4.69) is 5.32 Å². The van der Waals surface area contributed by atoms with Crippen molar-refractivity contribution in [2.75, 3.05) is 13.1 Å². The van der Waals surface area contributed by atoms with Crippen LogP contribution in [0, 0.1) is 0 Å². The quantitative estimate of drug-likeness (QED) is 0.796. The number of morpholine rings is 1. The Morgan fingerprint density at radius 3 is 2.52 bits per heavy atom. The number of ether oxygens (including phenoxy) is 1. The van der Waals surface area contributed by atoms with E-state index in [4.69, 9.17) is 39.5 Å². The van der Waals surface area contributed by atoms with E-state index in [1.54, 1.807) is 6.07 Å². The Morgan fingerprint density at radius 1 is 1.43 bits per heavy atom. The molecule has 1 aromatic heterocycles. The molecule has 0 aromatic carbocycles. The summed E-state index contributed by atoms with van der Waals surface area (Å²) in [7, 11) is 0. The van der Waals surface area contributed by atoms with Crippen molar-refractivity contribution in [3.8, 4) is 0 Å². The molecule has 0 radical (unpaired) electrons. The Labute approximate surface area is 143 Å². The lowest BCUT2D eigenvalue weighted by Gasteiger charge is -2.39. The normalized spacial score (nSPS) is 28.1. The highest BCUT2D eigenvalue weighted by Crippen LogP contribution is 2.28. The first-order valence-corrected chi connectivity index (χ1v) is 8.70. The molecule has 8 heteroatoms. The number of amides is 1. The summed E-state index contributed by atoms with van der Waals surface area (Å²) in [5.74, 6) is -0.222. The van der Waals surface area contributed by atoms with Crippen molar-refractivity contribution in [2.45, 2.75) is 36.0 Å². The van der Waals surface area contributed by atoms with Crippen molar-refractivity contribution >= 4 is 52.0 Å². The van der Waals surface area contributed by atoms with E-state index in [1.165, 1.54) is 11.3 Å². The minimum absolute atomic E-state index is 0.0530. The fourth-order valence-corrected chi connectivity index (χ4v) is 3.83. The molecule has 1 fully saturated rings. The number of hydrogen-bond acceptors (Lipinski definition) is 3. The first-order valence-electron chi connectivity index (χ1n) is 6.68. The smallest absolute Gasteiger partial charge is 0.265 e. The highest BCUT2D eigenvalue weighted by Gasteiger charge is 2.45. The zero-order chi connectivity index (χ0) is 15.6. The predicted molar refractivity (Wildman–Crippen MR) is 86.6 cm³/mol. The third-order valence-corrected chi connectivity index (χ3v) is 4.84. The monoisotopic (exact) mass is 371 g/mol. The predicted octanol–water partition coefficient (Wildman–Crippen LogP) is 1.87. The van der Waals surface area contributed by atoms with E-state index >= 15 is 0 Å². The molecule has 1 amide bonds. The van der Waals surface area contributed by atoms with Crippen molar-refractivity contribution in [1.82, 2.24) is 5.32 Å². The Bertz CT molecular complexity index is 468. The van der Waals surface area contributed by atoms with Gasteiger partial charge in [-0.3, -0.25) is 10.1 Å². The third-order valence-electron chi connectivity index (χ3n) is 3.32. The second-order valence-electron chi connectivity index (χ2n) is 5.25. The van der Waals surface area contributed by atoms with Gasteiger partial charge in [-0.05, 0) is 25.3 Å². The highest BCUT2D eigenvalue weighted by molar-refractivity contribution is 7.12. The Balaban J connectivity index is 2.13. The van der Waals surface area contributed by atoms with Crippen LogP contribution in [0.1, 0.15) is 23.5 Å². The van der Waals surface area contributed by atoms with Gasteiger partial charge in [-0.25, -0.2) is 0 Å². The minimum atomic E-state index is -1.58. The number of nitrogens with one attached hydrogen (secondary N) is 2. The molecule has 2 heterocycles. The van der Waals surface area contributed by atoms with E-state index in [-0.39, 0.29) is 18.1 Å². The van der Waals surface area contributed by atoms with Crippen LogP contribution in [0.3, 0.4) is 0 Å². The number of carbonyl (C=O) groups excluding carboxylic acids is 1. The molecule has 21 heavy (non-hydrogen) atoms. The molecule has 0 spiro atoms. The summed E-state index contributed by atoms with van der Waals surface area (Å²) in [6.07, 6.45) is -0.514. The molecule has 1 saturated heterocycles. The number of alkyl halides is 3. The lowest BCUT2D eigenvalue weighted by molar-refractivity contribution is -0.941. The zero-order valence-electron chi connectivity index (χ0n) is 11.7. The van der Waals surface area contributed by atoms with Crippen molar-refractivity contribution in [2.24, 2.45) is 0 Å². The van der Waals surface area contributed by atoms with Crippen LogP contribution < -0.4 is 10.2 Å². The lowest BCUT2D eigenvalue weighted by atomic mass is 10.2. The Hall–Kier alpha value is -0.0400. The molecule has 1 aliphatic heterocycles. The average molecular weight is 373 g/mol. The van der Waals surface area contributed by atoms with E-state index in [9.17, 15) is 4.79 Å². The van der Waals surface area contributed by atoms with Gasteiger partial charge in [-0.15, -0.1) is 11.3 Å². The van der Waals surface area contributed by atoms with E-state index < -0.39 is 9.96 Å². The van der Waals surface area contributed by atoms with Gasteiger partial charge in [0.15, 0.2) is 0 Å². The molecule has 1 aromatic rings. The number of carbonyl (C=O) groups is 1. The summed E-state index contributed by atoms with van der Waals surface area (Å²) < 4.78 is 4.11. The van der Waals surface area contributed by atoms with Crippen LogP contribution in [0.5, 0.6) is 0 Å². The molecular formula is C13H18Cl3N2O2S+. The number of quaternary nitrogens is 1. The van der Waals surface area contributed by atoms with Gasteiger partial charge >= 0.3 is 0 Å². The molecule has 1 aliphatic rings. The SMILES string of the molecule is C[C@@H]1C[NH+]([C@H](NC(=O)c2cccs2)C(Cl)(Cl)Cl)C[C@@H](C)O1. The molecular weight excluding hydrogens is 355 g/mol. The van der Waals surface area contributed by atoms with Gasteiger partial charge in [0.2, 0.25) is 6.17 Å². The van der Waals surface area contributed by atoms with Gasteiger partial charge in [-0.1, -0.05) is 40.9 Å². The maximum Gasteiger partial charge on any atom is 0.265 e. The number of hydrogen-bond donors (Lipinski definition) is 2. The van der Waals surface area contributed by atoms with Gasteiger partial charge in [0.05, 0.1) is 4.88 Å². The molecule has 2 rings (SSSR count). The average Bonchev–Trinajstić information content (AvgIpc) is 2.86. The highest BCUT2D eigenvalue weighted by atomic mass is 35.6. The maximum absolute atomic E-state index is 12.2. The van der Waals surface area contributed by atoms with Crippen LogP contribution in [0.15, 0.2) is 17.5 Å². The number of thiophene rings is 1. The topological polar surface area (TPSA) is 42.8 Å². The maximum atomic E-state index is 12.2. The molecule has 0 unspecified atom stereocenters. The van der Waals surface area contributed by atoms with Gasteiger partial charge < -0.3 is 9.64 Å².